The molecule has 0 spiro atoms. The third kappa shape index (κ3) is 3.02. The molecular weight excluding hydrogens is 232 g/mol. The van der Waals surface area contributed by atoms with E-state index < -0.39 is 0 Å². The minimum Gasteiger partial charge on any atom is -0.350 e. The Morgan fingerprint density at radius 3 is 2.71 bits per heavy atom. The Morgan fingerprint density at radius 1 is 1.29 bits per heavy atom. The fraction of sp³-hybridized carbons (Fsp3) is 0.429. The van der Waals surface area contributed by atoms with Crippen LogP contribution in [0.2, 0.25) is 0 Å². The lowest BCUT2D eigenvalue weighted by Crippen LogP contribution is -2.24. The number of halogens is 1. The van der Waals surface area contributed by atoms with Crippen molar-refractivity contribution in [1.29, 1.82) is 0 Å². The molecule has 1 aromatic heterocycles. The Kier molecular flexibility index (Phi) is 5.03. The summed E-state index contributed by atoms with van der Waals surface area (Å²) in [5.74, 6) is 0. The number of nitrogens with one attached hydrogen (secondary N) is 1. The van der Waals surface area contributed by atoms with E-state index in [1.165, 1.54) is 22.9 Å². The summed E-state index contributed by atoms with van der Waals surface area (Å²) in [5, 5.41) is 4.90. The minimum absolute atomic E-state index is 0. The van der Waals surface area contributed by atoms with Crippen LogP contribution in [-0.2, 0) is 13.6 Å². The first-order valence-corrected chi connectivity index (χ1v) is 5.98. The van der Waals surface area contributed by atoms with Crippen molar-refractivity contribution in [2.75, 3.05) is 0 Å². The summed E-state index contributed by atoms with van der Waals surface area (Å²) in [7, 11) is 2.11. The largest absolute Gasteiger partial charge is 0.350 e. The highest BCUT2D eigenvalue weighted by Crippen LogP contribution is 2.20. The molecular formula is C14H21ClN2. The van der Waals surface area contributed by atoms with E-state index in [-0.39, 0.29) is 12.4 Å². The number of aryl methyl sites for hydroxylation is 1. The average Bonchev–Trinajstić information content (AvgIpc) is 2.64. The molecule has 3 heteroatoms. The summed E-state index contributed by atoms with van der Waals surface area (Å²) < 4.78 is 2.20. The normalized spacial score (nSPS) is 12.4. The van der Waals surface area contributed by atoms with Crippen LogP contribution in [0.3, 0.4) is 0 Å². The van der Waals surface area contributed by atoms with Gasteiger partial charge in [-0.1, -0.05) is 25.1 Å². The maximum Gasteiger partial charge on any atom is 0.0481 e. The van der Waals surface area contributed by atoms with Crippen molar-refractivity contribution in [2.24, 2.45) is 7.05 Å². The van der Waals surface area contributed by atoms with Gasteiger partial charge in [-0.15, -0.1) is 12.4 Å². The lowest BCUT2D eigenvalue weighted by atomic mass is 10.1. The summed E-state index contributed by atoms with van der Waals surface area (Å²) in [6.07, 6.45) is 3.39. The number of nitrogens with zero attached hydrogens (tertiary/aromatic N) is 1. The maximum absolute atomic E-state index is 3.54. The highest BCUT2D eigenvalue weighted by Gasteiger charge is 2.06. The van der Waals surface area contributed by atoms with Crippen LogP contribution < -0.4 is 5.32 Å². The van der Waals surface area contributed by atoms with Crippen molar-refractivity contribution in [3.8, 4) is 0 Å². The smallest absolute Gasteiger partial charge is 0.0481 e. The molecule has 0 bridgehead atoms. The lowest BCUT2D eigenvalue weighted by Gasteiger charge is -2.10. The molecule has 0 saturated carbocycles. The Balaban J connectivity index is 0.00000144. The summed E-state index contributed by atoms with van der Waals surface area (Å²) in [4.78, 5) is 0. The molecule has 0 fully saturated rings. The van der Waals surface area contributed by atoms with E-state index in [0.717, 1.165) is 6.54 Å². The van der Waals surface area contributed by atoms with E-state index in [1.54, 1.807) is 0 Å². The molecule has 0 aliphatic rings. The van der Waals surface area contributed by atoms with Crippen LogP contribution in [0, 0.1) is 0 Å². The van der Waals surface area contributed by atoms with E-state index in [1.807, 2.05) is 0 Å². The van der Waals surface area contributed by atoms with Gasteiger partial charge in [-0.05, 0) is 25.0 Å². The number of fused-ring (bicyclic) bond motifs is 1. The molecule has 94 valence electrons. The second kappa shape index (κ2) is 6.08. The highest BCUT2D eigenvalue weighted by molar-refractivity contribution is 5.85. The van der Waals surface area contributed by atoms with E-state index in [4.69, 9.17) is 0 Å². The van der Waals surface area contributed by atoms with Gasteiger partial charge in [0.2, 0.25) is 0 Å². The number of aromatic nitrogens is 1. The molecule has 0 saturated heterocycles. The first kappa shape index (κ1) is 14.1. The molecule has 1 unspecified atom stereocenters. The Bertz CT molecular complexity index is 476. The molecule has 0 radical (unpaired) electrons. The lowest BCUT2D eigenvalue weighted by molar-refractivity contribution is 0.535. The third-order valence-electron chi connectivity index (χ3n) is 3.23. The zero-order valence-electron chi connectivity index (χ0n) is 10.7. The molecule has 1 N–H and O–H groups in total. The van der Waals surface area contributed by atoms with Gasteiger partial charge in [-0.25, -0.2) is 0 Å². The predicted molar refractivity (Wildman–Crippen MR) is 76.8 cm³/mol. The SMILES string of the molecule is CCC(C)NCc1cn(C)c2ccccc12.Cl. The standard InChI is InChI=1S/C14H20N2.ClH/c1-4-11(2)15-9-12-10-16(3)14-8-6-5-7-13(12)14;/h5-8,10-11,15H,4,9H2,1-3H3;1H. The van der Waals surface area contributed by atoms with Gasteiger partial charge in [0.1, 0.15) is 0 Å². The molecule has 2 rings (SSSR count). The van der Waals surface area contributed by atoms with Crippen LogP contribution in [0.1, 0.15) is 25.8 Å². The Morgan fingerprint density at radius 2 is 2.00 bits per heavy atom. The number of para-hydroxylation sites is 1. The van der Waals surface area contributed by atoms with E-state index in [0.29, 0.717) is 6.04 Å². The van der Waals surface area contributed by atoms with Gasteiger partial charge in [-0.2, -0.15) is 0 Å². The van der Waals surface area contributed by atoms with Gasteiger partial charge in [0, 0.05) is 36.7 Å². The van der Waals surface area contributed by atoms with E-state index >= 15 is 0 Å². The third-order valence-corrected chi connectivity index (χ3v) is 3.23. The summed E-state index contributed by atoms with van der Waals surface area (Å²) in [6.45, 7) is 5.39. The highest BCUT2D eigenvalue weighted by atomic mass is 35.5. The van der Waals surface area contributed by atoms with Crippen molar-refractivity contribution in [3.63, 3.8) is 0 Å². The first-order chi connectivity index (χ1) is 7.72. The number of benzene rings is 1. The molecule has 2 nitrogen and oxygen atoms in total. The zero-order valence-corrected chi connectivity index (χ0v) is 11.6. The van der Waals surface area contributed by atoms with Gasteiger partial charge in [0.15, 0.2) is 0 Å². The Hall–Kier alpha value is -0.990. The fourth-order valence-corrected chi connectivity index (χ4v) is 1.99. The second-order valence-electron chi connectivity index (χ2n) is 4.47. The fourth-order valence-electron chi connectivity index (χ4n) is 1.99. The number of rotatable bonds is 4. The van der Waals surface area contributed by atoms with Crippen LogP contribution in [0.5, 0.6) is 0 Å². The predicted octanol–water partition coefficient (Wildman–Crippen LogP) is 3.49. The van der Waals surface area contributed by atoms with Gasteiger partial charge >= 0.3 is 0 Å². The van der Waals surface area contributed by atoms with E-state index in [9.17, 15) is 0 Å². The second-order valence-corrected chi connectivity index (χ2v) is 4.47. The summed E-state index contributed by atoms with van der Waals surface area (Å²) >= 11 is 0. The molecule has 17 heavy (non-hydrogen) atoms. The quantitative estimate of drug-likeness (QED) is 0.882. The summed E-state index contributed by atoms with van der Waals surface area (Å²) in [5.41, 5.74) is 2.70. The van der Waals surface area contributed by atoms with Gasteiger partial charge < -0.3 is 9.88 Å². The topological polar surface area (TPSA) is 17.0 Å². The van der Waals surface area contributed by atoms with Gasteiger partial charge in [-0.3, -0.25) is 0 Å². The van der Waals surface area contributed by atoms with Crippen LogP contribution in [-0.4, -0.2) is 10.6 Å². The number of hydrogen-bond donors (Lipinski definition) is 1. The molecule has 1 heterocycles. The minimum atomic E-state index is 0. The van der Waals surface area contributed by atoms with Crippen molar-refractivity contribution in [1.82, 2.24) is 9.88 Å². The van der Waals surface area contributed by atoms with Crippen molar-refractivity contribution in [3.05, 3.63) is 36.0 Å². The van der Waals surface area contributed by atoms with Crippen LogP contribution in [0.15, 0.2) is 30.5 Å². The van der Waals surface area contributed by atoms with Crippen molar-refractivity contribution < 1.29 is 0 Å². The molecule has 1 aromatic carbocycles. The number of hydrogen-bond acceptors (Lipinski definition) is 1. The molecule has 0 aliphatic heterocycles. The van der Waals surface area contributed by atoms with Gasteiger partial charge in [0.05, 0.1) is 0 Å². The van der Waals surface area contributed by atoms with E-state index in [2.05, 4.69) is 61.2 Å². The van der Waals surface area contributed by atoms with Crippen LogP contribution in [0.25, 0.3) is 10.9 Å². The monoisotopic (exact) mass is 252 g/mol. The maximum atomic E-state index is 3.54. The average molecular weight is 253 g/mol. The molecule has 1 atom stereocenters. The van der Waals surface area contributed by atoms with Crippen LogP contribution >= 0.6 is 12.4 Å². The Labute approximate surface area is 109 Å². The summed E-state index contributed by atoms with van der Waals surface area (Å²) in [6, 6.07) is 9.15. The zero-order chi connectivity index (χ0) is 11.5. The van der Waals surface area contributed by atoms with Crippen molar-refractivity contribution in [2.45, 2.75) is 32.9 Å². The van der Waals surface area contributed by atoms with Crippen LogP contribution in [0.4, 0.5) is 0 Å². The van der Waals surface area contributed by atoms with Crippen molar-refractivity contribution >= 4 is 23.3 Å². The van der Waals surface area contributed by atoms with Gasteiger partial charge in [0.25, 0.3) is 0 Å². The molecule has 2 aromatic rings. The molecule has 0 aliphatic carbocycles. The molecule has 0 amide bonds. The first-order valence-electron chi connectivity index (χ1n) is 5.98.